The zero-order valence-corrected chi connectivity index (χ0v) is 10.3. The smallest absolute Gasteiger partial charge is 0.338 e. The molecule has 0 aliphatic heterocycles. The monoisotopic (exact) mass is 299 g/mol. The van der Waals surface area contributed by atoms with Crippen molar-refractivity contribution in [3.63, 3.8) is 0 Å². The maximum Gasteiger partial charge on any atom is 0.338 e. The number of carboxylic acids is 1. The third kappa shape index (κ3) is 4.60. The van der Waals surface area contributed by atoms with E-state index in [2.05, 4.69) is 0 Å². The highest BCUT2D eigenvalue weighted by atomic mass is 19.2. The van der Waals surface area contributed by atoms with Crippen molar-refractivity contribution in [2.75, 3.05) is 0 Å². The second-order valence-corrected chi connectivity index (χ2v) is 3.64. The number of hydrogen-bond acceptors (Lipinski definition) is 3. The highest BCUT2D eigenvalue weighted by Gasteiger charge is 2.14. The summed E-state index contributed by atoms with van der Waals surface area (Å²) in [6.07, 6.45) is 0. The van der Waals surface area contributed by atoms with Gasteiger partial charge < -0.3 is 5.11 Å². The van der Waals surface area contributed by atoms with Gasteiger partial charge >= 0.3 is 5.97 Å². The molecule has 2 aromatic rings. The number of aromatic carboxylic acids is 1. The van der Waals surface area contributed by atoms with Gasteiger partial charge in [0.1, 0.15) is 5.82 Å². The van der Waals surface area contributed by atoms with Gasteiger partial charge in [0.2, 0.25) is 0 Å². The lowest BCUT2D eigenvalue weighted by Gasteiger charge is -1.95. The van der Waals surface area contributed by atoms with E-state index in [1.54, 1.807) is 0 Å². The van der Waals surface area contributed by atoms with E-state index in [0.717, 1.165) is 24.3 Å². The standard InChI is InChI=1S/C7H4FNO4.C6H4F2/c8-6-3-4(9(12)13)1-2-5(6)7(10)11;7-5-3-1-2-4-6(5)8/h1-3H,(H,10,11);1-4H. The second kappa shape index (κ2) is 7.04. The summed E-state index contributed by atoms with van der Waals surface area (Å²) in [7, 11) is 0. The van der Waals surface area contributed by atoms with Crippen molar-refractivity contribution < 1.29 is 28.0 Å². The number of carboxylic acid groups (broad SMARTS) is 1. The van der Waals surface area contributed by atoms with Crippen LogP contribution in [0.4, 0.5) is 18.9 Å². The SMILES string of the molecule is Fc1ccccc1F.O=C(O)c1ccc([N+](=O)[O-])cc1F. The summed E-state index contributed by atoms with van der Waals surface area (Å²) in [5, 5.41) is 18.5. The fourth-order valence-corrected chi connectivity index (χ4v) is 1.23. The van der Waals surface area contributed by atoms with Gasteiger partial charge in [0.15, 0.2) is 11.6 Å². The van der Waals surface area contributed by atoms with E-state index in [0.29, 0.717) is 6.07 Å². The van der Waals surface area contributed by atoms with Crippen LogP contribution in [-0.4, -0.2) is 16.0 Å². The molecule has 0 fully saturated rings. The first-order valence-electron chi connectivity index (χ1n) is 5.40. The average Bonchev–Trinajstić information content (AvgIpc) is 2.42. The summed E-state index contributed by atoms with van der Waals surface area (Å²) in [4.78, 5) is 19.6. The third-order valence-corrected chi connectivity index (χ3v) is 2.22. The summed E-state index contributed by atoms with van der Waals surface area (Å²) < 4.78 is 36.7. The summed E-state index contributed by atoms with van der Waals surface area (Å²) in [5.41, 5.74) is -1.05. The Morgan fingerprint density at radius 1 is 1.00 bits per heavy atom. The lowest BCUT2D eigenvalue weighted by Crippen LogP contribution is -2.01. The Kier molecular flexibility index (Phi) is 5.41. The maximum atomic E-state index is 12.8. The predicted molar refractivity (Wildman–Crippen MR) is 66.4 cm³/mol. The van der Waals surface area contributed by atoms with E-state index < -0.39 is 39.6 Å². The number of halogens is 3. The zero-order valence-electron chi connectivity index (χ0n) is 10.3. The summed E-state index contributed by atoms with van der Waals surface area (Å²) in [6.45, 7) is 0. The molecular weight excluding hydrogens is 291 g/mol. The molecule has 5 nitrogen and oxygen atoms in total. The molecule has 0 unspecified atom stereocenters. The van der Waals surface area contributed by atoms with Gasteiger partial charge in [0.05, 0.1) is 16.6 Å². The van der Waals surface area contributed by atoms with Crippen molar-refractivity contribution in [2.24, 2.45) is 0 Å². The molecule has 0 amide bonds. The topological polar surface area (TPSA) is 80.4 Å². The Labute approximate surface area is 116 Å². The molecule has 0 spiro atoms. The molecule has 0 bridgehead atoms. The fraction of sp³-hybridized carbons (Fsp3) is 0. The Morgan fingerprint density at radius 3 is 1.86 bits per heavy atom. The predicted octanol–water partition coefficient (Wildman–Crippen LogP) is 3.40. The maximum absolute atomic E-state index is 12.8. The van der Waals surface area contributed by atoms with Crippen molar-refractivity contribution in [2.45, 2.75) is 0 Å². The normalized spacial score (nSPS) is 9.48. The van der Waals surface area contributed by atoms with Gasteiger partial charge in [-0.25, -0.2) is 18.0 Å². The highest BCUT2D eigenvalue weighted by molar-refractivity contribution is 5.88. The van der Waals surface area contributed by atoms with Crippen molar-refractivity contribution in [3.05, 3.63) is 75.6 Å². The second-order valence-electron chi connectivity index (χ2n) is 3.64. The van der Waals surface area contributed by atoms with Crippen LogP contribution in [0.5, 0.6) is 0 Å². The Bertz CT molecular complexity index is 655. The quantitative estimate of drug-likeness (QED) is 0.680. The number of hydrogen-bond donors (Lipinski definition) is 1. The largest absolute Gasteiger partial charge is 0.478 e. The fourth-order valence-electron chi connectivity index (χ4n) is 1.23. The summed E-state index contributed by atoms with van der Waals surface area (Å²) in [5.74, 6) is -4.16. The first kappa shape index (κ1) is 16.2. The lowest BCUT2D eigenvalue weighted by molar-refractivity contribution is -0.385. The Hall–Kier alpha value is -2.90. The number of nitro benzene ring substituents is 1. The minimum Gasteiger partial charge on any atom is -0.478 e. The van der Waals surface area contributed by atoms with Crippen molar-refractivity contribution in [1.82, 2.24) is 0 Å². The zero-order chi connectivity index (χ0) is 16.0. The summed E-state index contributed by atoms with van der Waals surface area (Å²) >= 11 is 0. The number of benzene rings is 2. The van der Waals surface area contributed by atoms with E-state index in [4.69, 9.17) is 5.11 Å². The first-order chi connectivity index (χ1) is 9.82. The van der Waals surface area contributed by atoms with Crippen molar-refractivity contribution in [1.29, 1.82) is 0 Å². The molecule has 8 heteroatoms. The number of non-ortho nitro benzene ring substituents is 1. The van der Waals surface area contributed by atoms with Gasteiger partial charge in [-0.15, -0.1) is 0 Å². The van der Waals surface area contributed by atoms with Gasteiger partial charge in [0.25, 0.3) is 5.69 Å². The molecule has 0 heterocycles. The highest BCUT2D eigenvalue weighted by Crippen LogP contribution is 2.16. The molecule has 2 rings (SSSR count). The molecule has 21 heavy (non-hydrogen) atoms. The number of rotatable bonds is 2. The summed E-state index contributed by atoms with van der Waals surface area (Å²) in [6, 6.07) is 7.41. The van der Waals surface area contributed by atoms with Gasteiger partial charge in [0, 0.05) is 6.07 Å². The van der Waals surface area contributed by atoms with Crippen molar-refractivity contribution in [3.8, 4) is 0 Å². The molecule has 1 N–H and O–H groups in total. The number of carbonyl (C=O) groups is 1. The molecular formula is C13H8F3NO4. The van der Waals surface area contributed by atoms with E-state index in [1.807, 2.05) is 0 Å². The third-order valence-electron chi connectivity index (χ3n) is 2.22. The van der Waals surface area contributed by atoms with E-state index >= 15 is 0 Å². The van der Waals surface area contributed by atoms with Crippen LogP contribution in [0.1, 0.15) is 10.4 Å². The van der Waals surface area contributed by atoms with E-state index in [1.165, 1.54) is 12.1 Å². The molecule has 0 saturated heterocycles. The van der Waals surface area contributed by atoms with Crippen LogP contribution in [0.15, 0.2) is 42.5 Å². The molecule has 0 aliphatic carbocycles. The van der Waals surface area contributed by atoms with Crippen LogP contribution in [-0.2, 0) is 0 Å². The molecule has 0 saturated carbocycles. The number of nitrogens with zero attached hydrogens (tertiary/aromatic N) is 1. The van der Waals surface area contributed by atoms with Gasteiger partial charge in [-0.2, -0.15) is 0 Å². The van der Waals surface area contributed by atoms with Crippen molar-refractivity contribution >= 4 is 11.7 Å². The first-order valence-corrected chi connectivity index (χ1v) is 5.40. The van der Waals surface area contributed by atoms with Crippen LogP contribution < -0.4 is 0 Å². The lowest BCUT2D eigenvalue weighted by atomic mass is 10.2. The Morgan fingerprint density at radius 2 is 1.52 bits per heavy atom. The van der Waals surface area contributed by atoms with Crippen LogP contribution in [0, 0.1) is 27.6 Å². The van der Waals surface area contributed by atoms with Gasteiger partial charge in [-0.3, -0.25) is 10.1 Å². The van der Waals surface area contributed by atoms with Crippen LogP contribution in [0.3, 0.4) is 0 Å². The minimum absolute atomic E-state index is 0.470. The van der Waals surface area contributed by atoms with E-state index in [9.17, 15) is 28.1 Å². The van der Waals surface area contributed by atoms with Gasteiger partial charge in [-0.05, 0) is 18.2 Å². The van der Waals surface area contributed by atoms with Crippen LogP contribution in [0.2, 0.25) is 0 Å². The number of nitro groups is 1. The molecule has 0 aliphatic rings. The molecule has 2 aromatic carbocycles. The molecule has 0 aromatic heterocycles. The van der Waals surface area contributed by atoms with Gasteiger partial charge in [-0.1, -0.05) is 12.1 Å². The molecule has 0 atom stereocenters. The van der Waals surface area contributed by atoms with E-state index in [-0.39, 0.29) is 0 Å². The molecule has 110 valence electrons. The van der Waals surface area contributed by atoms with Crippen LogP contribution in [0.25, 0.3) is 0 Å². The molecule has 0 radical (unpaired) electrons. The average molecular weight is 299 g/mol. The minimum atomic E-state index is -1.45. The Balaban J connectivity index is 0.000000235. The van der Waals surface area contributed by atoms with Crippen LogP contribution >= 0.6 is 0 Å².